The van der Waals surface area contributed by atoms with Crippen molar-refractivity contribution in [2.75, 3.05) is 6.26 Å². The van der Waals surface area contributed by atoms with Crippen LogP contribution in [0, 0.1) is 0 Å². The van der Waals surface area contributed by atoms with Crippen molar-refractivity contribution in [3.05, 3.63) is 0 Å². The van der Waals surface area contributed by atoms with E-state index in [0.717, 1.165) is 0 Å². The van der Waals surface area contributed by atoms with Crippen LogP contribution in [0.25, 0.3) is 0 Å². The Labute approximate surface area is 65.8 Å². The third-order valence-electron chi connectivity index (χ3n) is 2.29. The summed E-state index contributed by atoms with van der Waals surface area (Å²) in [5.41, 5.74) is 0. The molecule has 3 heteroatoms. The van der Waals surface area contributed by atoms with Gasteiger partial charge in [-0.2, -0.15) is 0 Å². The first kappa shape index (κ1) is 6.95. The number of epoxide rings is 1. The fourth-order valence-corrected chi connectivity index (χ4v) is 2.23. The van der Waals surface area contributed by atoms with Gasteiger partial charge in [0, 0.05) is 6.04 Å². The minimum Gasteiger partial charge on any atom is -0.370 e. The van der Waals surface area contributed by atoms with Gasteiger partial charge >= 0.3 is 0 Å². The first-order valence-corrected chi connectivity index (χ1v) is 5.06. The number of rotatable bonds is 2. The van der Waals surface area contributed by atoms with Crippen molar-refractivity contribution in [1.82, 2.24) is 4.72 Å². The summed E-state index contributed by atoms with van der Waals surface area (Å²) in [7, 11) is 0. The molecule has 0 amide bonds. The Kier molecular flexibility index (Phi) is 1.89. The predicted molar refractivity (Wildman–Crippen MR) is 43.0 cm³/mol. The van der Waals surface area contributed by atoms with E-state index < -0.39 is 0 Å². The van der Waals surface area contributed by atoms with E-state index in [1.807, 2.05) is 0 Å². The molecule has 0 aromatic carbocycles. The van der Waals surface area contributed by atoms with E-state index in [1.54, 1.807) is 11.9 Å². The number of hydrogen-bond acceptors (Lipinski definition) is 3. The molecular formula is C7H13NOS. The van der Waals surface area contributed by atoms with Crippen LogP contribution < -0.4 is 4.72 Å². The molecular weight excluding hydrogens is 146 g/mol. The maximum Gasteiger partial charge on any atom is 0.0857 e. The monoisotopic (exact) mass is 159 g/mol. The maximum absolute atomic E-state index is 5.41. The minimum atomic E-state index is 0.610. The molecule has 0 spiro atoms. The Morgan fingerprint density at radius 3 is 3.00 bits per heavy atom. The van der Waals surface area contributed by atoms with E-state index in [0.29, 0.717) is 18.2 Å². The fraction of sp³-hybridized carbons (Fsp3) is 1.00. The Morgan fingerprint density at radius 2 is 2.30 bits per heavy atom. The van der Waals surface area contributed by atoms with Crippen LogP contribution in [-0.2, 0) is 4.74 Å². The highest BCUT2D eigenvalue weighted by Gasteiger charge is 2.43. The molecule has 1 aliphatic heterocycles. The van der Waals surface area contributed by atoms with Gasteiger partial charge < -0.3 is 4.74 Å². The summed E-state index contributed by atoms with van der Waals surface area (Å²) in [5.74, 6) is 0. The number of fused-ring (bicyclic) bond motifs is 1. The lowest BCUT2D eigenvalue weighted by Crippen LogP contribution is -2.28. The molecule has 2 nitrogen and oxygen atoms in total. The molecule has 3 atom stereocenters. The Bertz CT molecular complexity index is 131. The van der Waals surface area contributed by atoms with Crippen molar-refractivity contribution >= 4 is 11.9 Å². The third-order valence-corrected chi connectivity index (χ3v) is 2.86. The normalized spacial score (nSPS) is 44.7. The van der Waals surface area contributed by atoms with Crippen molar-refractivity contribution in [3.8, 4) is 0 Å². The average molecular weight is 159 g/mol. The van der Waals surface area contributed by atoms with Gasteiger partial charge in [-0.3, -0.25) is 4.72 Å². The summed E-state index contributed by atoms with van der Waals surface area (Å²) in [6, 6.07) is 0.707. The second-order valence-electron chi connectivity index (χ2n) is 3.04. The molecule has 1 N–H and O–H groups in total. The van der Waals surface area contributed by atoms with E-state index >= 15 is 0 Å². The highest BCUT2D eigenvalue weighted by molar-refractivity contribution is 7.96. The van der Waals surface area contributed by atoms with Crippen LogP contribution in [0.15, 0.2) is 0 Å². The lowest BCUT2D eigenvalue weighted by atomic mass is 9.96. The van der Waals surface area contributed by atoms with Crippen LogP contribution in [-0.4, -0.2) is 24.5 Å². The molecule has 0 aromatic rings. The fourth-order valence-electron chi connectivity index (χ4n) is 1.68. The molecule has 1 heterocycles. The van der Waals surface area contributed by atoms with Crippen molar-refractivity contribution in [2.24, 2.45) is 0 Å². The molecule has 2 aliphatic rings. The van der Waals surface area contributed by atoms with E-state index in [-0.39, 0.29) is 0 Å². The standard InChI is InChI=1S/C7H13NOS/c1-10-8-5-2-3-6-7(4-5)9-6/h5-8H,2-4H2,1H3. The van der Waals surface area contributed by atoms with Gasteiger partial charge in [-0.1, -0.05) is 11.9 Å². The lowest BCUT2D eigenvalue weighted by molar-refractivity contribution is 0.370. The molecule has 0 bridgehead atoms. The SMILES string of the molecule is CSNC1CCC2OC2C1. The van der Waals surface area contributed by atoms with Crippen LogP contribution in [0.4, 0.5) is 0 Å². The van der Waals surface area contributed by atoms with Crippen molar-refractivity contribution in [1.29, 1.82) is 0 Å². The quantitative estimate of drug-likeness (QED) is 0.483. The van der Waals surface area contributed by atoms with Crippen molar-refractivity contribution < 1.29 is 4.74 Å². The maximum atomic E-state index is 5.41. The van der Waals surface area contributed by atoms with Gasteiger partial charge in [-0.05, 0) is 25.5 Å². The molecule has 1 saturated carbocycles. The molecule has 10 heavy (non-hydrogen) atoms. The van der Waals surface area contributed by atoms with Crippen LogP contribution in [0.3, 0.4) is 0 Å². The van der Waals surface area contributed by atoms with Gasteiger partial charge in [-0.15, -0.1) is 0 Å². The number of nitrogens with one attached hydrogen (secondary N) is 1. The average Bonchev–Trinajstić information content (AvgIpc) is 2.66. The second-order valence-corrected chi connectivity index (χ2v) is 3.69. The van der Waals surface area contributed by atoms with Crippen molar-refractivity contribution in [2.45, 2.75) is 37.5 Å². The summed E-state index contributed by atoms with van der Waals surface area (Å²) in [4.78, 5) is 0. The molecule has 3 unspecified atom stereocenters. The molecule has 1 aliphatic carbocycles. The predicted octanol–water partition coefficient (Wildman–Crippen LogP) is 1.17. The van der Waals surface area contributed by atoms with Crippen molar-refractivity contribution in [3.63, 3.8) is 0 Å². The topological polar surface area (TPSA) is 24.6 Å². The largest absolute Gasteiger partial charge is 0.370 e. The first-order valence-electron chi connectivity index (χ1n) is 3.84. The van der Waals surface area contributed by atoms with Crippen LogP contribution in [0.1, 0.15) is 19.3 Å². The third kappa shape index (κ3) is 1.31. The highest BCUT2D eigenvalue weighted by Crippen LogP contribution is 2.36. The van der Waals surface area contributed by atoms with Crippen LogP contribution in [0.2, 0.25) is 0 Å². The van der Waals surface area contributed by atoms with Gasteiger partial charge in [0.2, 0.25) is 0 Å². The molecule has 0 radical (unpaired) electrons. The van der Waals surface area contributed by atoms with Gasteiger partial charge in [0.25, 0.3) is 0 Å². The summed E-state index contributed by atoms with van der Waals surface area (Å²) in [6.07, 6.45) is 7.12. The Hall–Kier alpha value is 0.270. The Balaban J connectivity index is 1.77. The molecule has 2 fully saturated rings. The van der Waals surface area contributed by atoms with Crippen LogP contribution >= 0.6 is 11.9 Å². The van der Waals surface area contributed by atoms with Gasteiger partial charge in [0.15, 0.2) is 0 Å². The number of hydrogen-bond donors (Lipinski definition) is 1. The lowest BCUT2D eigenvalue weighted by Gasteiger charge is -2.18. The van der Waals surface area contributed by atoms with E-state index in [4.69, 9.17) is 4.74 Å². The number of ether oxygens (including phenoxy) is 1. The van der Waals surface area contributed by atoms with E-state index in [1.165, 1.54) is 19.3 Å². The van der Waals surface area contributed by atoms with Crippen LogP contribution in [0.5, 0.6) is 0 Å². The molecule has 58 valence electrons. The summed E-state index contributed by atoms with van der Waals surface area (Å²) >= 11 is 1.72. The summed E-state index contributed by atoms with van der Waals surface area (Å²) < 4.78 is 8.78. The molecule has 0 aromatic heterocycles. The van der Waals surface area contributed by atoms with Gasteiger partial charge in [0.1, 0.15) is 0 Å². The van der Waals surface area contributed by atoms with E-state index in [9.17, 15) is 0 Å². The molecule has 1 saturated heterocycles. The zero-order valence-electron chi connectivity index (χ0n) is 6.17. The Morgan fingerprint density at radius 1 is 1.40 bits per heavy atom. The second kappa shape index (κ2) is 2.72. The van der Waals surface area contributed by atoms with Gasteiger partial charge in [-0.25, -0.2) is 0 Å². The summed E-state index contributed by atoms with van der Waals surface area (Å²) in [6.45, 7) is 0. The van der Waals surface area contributed by atoms with Gasteiger partial charge in [0.05, 0.1) is 12.2 Å². The molecule has 2 rings (SSSR count). The first-order chi connectivity index (χ1) is 4.90. The minimum absolute atomic E-state index is 0.610. The zero-order chi connectivity index (χ0) is 6.97. The zero-order valence-corrected chi connectivity index (χ0v) is 6.99. The van der Waals surface area contributed by atoms with E-state index in [2.05, 4.69) is 11.0 Å². The highest BCUT2D eigenvalue weighted by atomic mass is 32.2. The smallest absolute Gasteiger partial charge is 0.0857 e. The summed E-state index contributed by atoms with van der Waals surface area (Å²) in [5, 5.41) is 0.